The van der Waals surface area contributed by atoms with Gasteiger partial charge in [-0.3, -0.25) is 14.5 Å². The van der Waals surface area contributed by atoms with E-state index >= 15 is 0 Å². The molecule has 1 amide bonds. The molecule has 0 unspecified atom stereocenters. The fourth-order valence-electron chi connectivity index (χ4n) is 3.69. The van der Waals surface area contributed by atoms with Crippen LogP contribution >= 0.6 is 0 Å². The van der Waals surface area contributed by atoms with Crippen molar-refractivity contribution in [2.45, 2.75) is 24.7 Å². The number of piperidine rings is 1. The third kappa shape index (κ3) is 6.12. The zero-order valence-corrected chi connectivity index (χ0v) is 19.7. The number of nitrogens with zero attached hydrogens (tertiary/aromatic N) is 3. The summed E-state index contributed by atoms with van der Waals surface area (Å²) in [4.78, 5) is 26.4. The second-order valence-electron chi connectivity index (χ2n) is 7.66. The number of sulfonamides is 1. The van der Waals surface area contributed by atoms with Gasteiger partial charge in [0.2, 0.25) is 10.0 Å². The number of para-hydroxylation sites is 1. The lowest BCUT2D eigenvalue weighted by Crippen LogP contribution is -2.41. The van der Waals surface area contributed by atoms with Crippen LogP contribution < -0.4 is 9.64 Å². The molecule has 0 radical (unpaired) electrons. The second kappa shape index (κ2) is 11.6. The van der Waals surface area contributed by atoms with E-state index in [0.717, 1.165) is 0 Å². The van der Waals surface area contributed by atoms with Crippen LogP contribution in [0.2, 0.25) is 0 Å². The van der Waals surface area contributed by atoms with Crippen LogP contribution in [-0.2, 0) is 24.3 Å². The molecule has 9 nitrogen and oxygen atoms in total. The molecule has 0 N–H and O–H groups in total. The SMILES string of the molecule is CCOc1ccc(S(=O)(=O)N2CCC(C(=O)OCC(=O)N(CC#N)c3ccccc3)CC2)cc1. The molecule has 1 aliphatic rings. The summed E-state index contributed by atoms with van der Waals surface area (Å²) in [6.07, 6.45) is 0.591. The number of benzene rings is 2. The third-order valence-electron chi connectivity index (χ3n) is 5.50. The number of esters is 1. The smallest absolute Gasteiger partial charge is 0.309 e. The third-order valence-corrected chi connectivity index (χ3v) is 7.41. The molecule has 0 aliphatic carbocycles. The summed E-state index contributed by atoms with van der Waals surface area (Å²) in [7, 11) is -3.68. The summed E-state index contributed by atoms with van der Waals surface area (Å²) < 4.78 is 37.7. The zero-order valence-electron chi connectivity index (χ0n) is 18.9. The lowest BCUT2D eigenvalue weighted by atomic mass is 9.98. The maximum absolute atomic E-state index is 12.9. The molecule has 2 aromatic rings. The topological polar surface area (TPSA) is 117 Å². The minimum Gasteiger partial charge on any atom is -0.494 e. The van der Waals surface area contributed by atoms with Gasteiger partial charge in [-0.05, 0) is 56.2 Å². The minimum atomic E-state index is -3.68. The molecule has 3 rings (SSSR count). The van der Waals surface area contributed by atoms with Crippen molar-refractivity contribution in [1.82, 2.24) is 4.31 Å². The summed E-state index contributed by atoms with van der Waals surface area (Å²) >= 11 is 0. The number of ether oxygens (including phenoxy) is 2. The highest BCUT2D eigenvalue weighted by atomic mass is 32.2. The van der Waals surface area contributed by atoms with Gasteiger partial charge in [-0.25, -0.2) is 8.42 Å². The number of hydrogen-bond donors (Lipinski definition) is 0. The van der Waals surface area contributed by atoms with Gasteiger partial charge in [-0.2, -0.15) is 9.57 Å². The van der Waals surface area contributed by atoms with Gasteiger partial charge in [-0.1, -0.05) is 18.2 Å². The molecule has 0 bridgehead atoms. The van der Waals surface area contributed by atoms with E-state index in [1.54, 1.807) is 42.5 Å². The number of carbonyl (C=O) groups excluding carboxylic acids is 2. The number of nitriles is 1. The molecular formula is C24H27N3O6S. The summed E-state index contributed by atoms with van der Waals surface area (Å²) in [5, 5.41) is 9.03. The van der Waals surface area contributed by atoms with Gasteiger partial charge in [0.1, 0.15) is 12.3 Å². The van der Waals surface area contributed by atoms with Crippen molar-refractivity contribution >= 4 is 27.6 Å². The monoisotopic (exact) mass is 485 g/mol. The summed E-state index contributed by atoms with van der Waals surface area (Å²) in [5.41, 5.74) is 0.540. The van der Waals surface area contributed by atoms with E-state index in [0.29, 0.717) is 30.9 Å². The molecule has 1 heterocycles. The Bertz CT molecular complexity index is 1120. The Hall–Kier alpha value is -3.42. The van der Waals surface area contributed by atoms with E-state index in [9.17, 15) is 18.0 Å². The first kappa shape index (κ1) is 25.2. The van der Waals surface area contributed by atoms with Crippen LogP contribution in [0.1, 0.15) is 19.8 Å². The van der Waals surface area contributed by atoms with E-state index < -0.39 is 34.4 Å². The lowest BCUT2D eigenvalue weighted by molar-refractivity contribution is -0.153. The van der Waals surface area contributed by atoms with Gasteiger partial charge in [0.15, 0.2) is 6.61 Å². The fraction of sp³-hybridized carbons (Fsp3) is 0.375. The van der Waals surface area contributed by atoms with Crippen molar-refractivity contribution in [3.05, 3.63) is 54.6 Å². The van der Waals surface area contributed by atoms with Crippen LogP contribution in [0, 0.1) is 17.2 Å². The van der Waals surface area contributed by atoms with E-state index in [-0.39, 0.29) is 24.5 Å². The summed E-state index contributed by atoms with van der Waals surface area (Å²) in [6, 6.07) is 16.8. The fourth-order valence-corrected chi connectivity index (χ4v) is 5.16. The van der Waals surface area contributed by atoms with Crippen LogP contribution in [-0.4, -0.2) is 57.4 Å². The Labute approximate surface area is 199 Å². The Kier molecular flexibility index (Phi) is 8.62. The number of amides is 1. The van der Waals surface area contributed by atoms with Gasteiger partial charge < -0.3 is 9.47 Å². The van der Waals surface area contributed by atoms with Gasteiger partial charge >= 0.3 is 5.97 Å². The molecule has 1 saturated heterocycles. The first-order valence-corrected chi connectivity index (χ1v) is 12.4. The van der Waals surface area contributed by atoms with Crippen LogP contribution in [0.4, 0.5) is 5.69 Å². The molecular weight excluding hydrogens is 458 g/mol. The molecule has 1 aliphatic heterocycles. The Morgan fingerprint density at radius 1 is 1.09 bits per heavy atom. The highest BCUT2D eigenvalue weighted by molar-refractivity contribution is 7.89. The molecule has 1 fully saturated rings. The first-order valence-electron chi connectivity index (χ1n) is 11.0. The van der Waals surface area contributed by atoms with Crippen molar-refractivity contribution in [2.24, 2.45) is 5.92 Å². The van der Waals surface area contributed by atoms with Crippen LogP contribution in [0.3, 0.4) is 0 Å². The summed E-state index contributed by atoms with van der Waals surface area (Å²) in [6.45, 7) is 2.04. The van der Waals surface area contributed by atoms with Crippen LogP contribution in [0.15, 0.2) is 59.5 Å². The number of anilines is 1. The normalized spacial score (nSPS) is 14.7. The van der Waals surface area contributed by atoms with E-state index in [1.165, 1.54) is 21.3 Å². The largest absolute Gasteiger partial charge is 0.494 e. The molecule has 0 saturated carbocycles. The average molecular weight is 486 g/mol. The predicted octanol–water partition coefficient (Wildman–Crippen LogP) is 2.59. The Balaban J connectivity index is 1.53. The van der Waals surface area contributed by atoms with Crippen molar-refractivity contribution in [1.29, 1.82) is 5.26 Å². The van der Waals surface area contributed by atoms with Crippen molar-refractivity contribution < 1.29 is 27.5 Å². The van der Waals surface area contributed by atoms with Crippen LogP contribution in [0.5, 0.6) is 5.75 Å². The Morgan fingerprint density at radius 3 is 2.32 bits per heavy atom. The van der Waals surface area contributed by atoms with Gasteiger partial charge in [0, 0.05) is 18.8 Å². The number of carbonyl (C=O) groups is 2. The van der Waals surface area contributed by atoms with Crippen molar-refractivity contribution in [3.8, 4) is 11.8 Å². The lowest BCUT2D eigenvalue weighted by Gasteiger charge is -2.30. The highest BCUT2D eigenvalue weighted by Gasteiger charge is 2.33. The van der Waals surface area contributed by atoms with Crippen molar-refractivity contribution in [3.63, 3.8) is 0 Å². The van der Waals surface area contributed by atoms with Crippen molar-refractivity contribution in [2.75, 3.05) is 37.7 Å². The molecule has 0 spiro atoms. The van der Waals surface area contributed by atoms with E-state index in [1.807, 2.05) is 13.0 Å². The van der Waals surface area contributed by atoms with Gasteiger partial charge in [0.05, 0.1) is 23.5 Å². The highest BCUT2D eigenvalue weighted by Crippen LogP contribution is 2.26. The molecule has 2 aromatic carbocycles. The maximum Gasteiger partial charge on any atom is 0.309 e. The van der Waals surface area contributed by atoms with E-state index in [2.05, 4.69) is 0 Å². The summed E-state index contributed by atoms with van der Waals surface area (Å²) in [5.74, 6) is -0.952. The minimum absolute atomic E-state index is 0.164. The quantitative estimate of drug-likeness (QED) is 0.396. The predicted molar refractivity (Wildman–Crippen MR) is 124 cm³/mol. The molecule has 34 heavy (non-hydrogen) atoms. The number of rotatable bonds is 9. The zero-order chi connectivity index (χ0) is 24.6. The molecule has 10 heteroatoms. The Morgan fingerprint density at radius 2 is 1.74 bits per heavy atom. The van der Waals surface area contributed by atoms with E-state index in [4.69, 9.17) is 14.7 Å². The molecule has 180 valence electrons. The van der Waals surface area contributed by atoms with Crippen LogP contribution in [0.25, 0.3) is 0 Å². The van der Waals surface area contributed by atoms with Gasteiger partial charge in [-0.15, -0.1) is 0 Å². The maximum atomic E-state index is 12.9. The first-order chi connectivity index (χ1) is 16.4. The average Bonchev–Trinajstić information content (AvgIpc) is 2.86. The number of hydrogen-bond acceptors (Lipinski definition) is 7. The molecule has 0 atom stereocenters. The van der Waals surface area contributed by atoms with Gasteiger partial charge in [0.25, 0.3) is 5.91 Å². The standard InChI is InChI=1S/C24H27N3O6S/c1-2-32-21-8-10-22(11-9-21)34(30,31)26-15-12-19(13-16-26)24(29)33-18-23(28)27(17-14-25)20-6-4-3-5-7-20/h3-11,19H,2,12-13,15-18H2,1H3. The second-order valence-corrected chi connectivity index (χ2v) is 9.60. The molecule has 0 aromatic heterocycles.